The van der Waals surface area contributed by atoms with E-state index in [9.17, 15) is 4.79 Å². The number of hydrogen-bond donors (Lipinski definition) is 2. The molecule has 0 aliphatic heterocycles. The molecule has 21 heavy (non-hydrogen) atoms. The maximum Gasteiger partial charge on any atom is 0.236 e. The predicted molar refractivity (Wildman–Crippen MR) is 87.6 cm³/mol. The summed E-state index contributed by atoms with van der Waals surface area (Å²) in [5.74, 6) is 0.0859. The van der Waals surface area contributed by atoms with Gasteiger partial charge >= 0.3 is 0 Å². The predicted octanol–water partition coefficient (Wildman–Crippen LogP) is 2.54. The lowest BCUT2D eigenvalue weighted by molar-refractivity contribution is -0.116. The second-order valence-corrected chi connectivity index (χ2v) is 6.59. The van der Waals surface area contributed by atoms with Crippen LogP contribution in [0, 0.1) is 5.92 Å². The van der Waals surface area contributed by atoms with Gasteiger partial charge in [0.1, 0.15) is 0 Å². The zero-order valence-electron chi connectivity index (χ0n) is 12.7. The fourth-order valence-electron chi connectivity index (χ4n) is 2.34. The Hall–Kier alpha value is -1.26. The van der Waals surface area contributed by atoms with Crippen LogP contribution in [0.2, 0.25) is 5.02 Å². The quantitative estimate of drug-likeness (QED) is 0.776. The average molecular weight is 310 g/mol. The van der Waals surface area contributed by atoms with Gasteiger partial charge in [-0.15, -0.1) is 0 Å². The number of carbonyl (C=O) groups is 1. The maximum absolute atomic E-state index is 11.3. The van der Waals surface area contributed by atoms with Crippen molar-refractivity contribution in [2.24, 2.45) is 11.7 Å². The molecule has 4 nitrogen and oxygen atoms in total. The number of nitrogens with zero attached hydrogens (tertiary/aromatic N) is 1. The first-order valence-electron chi connectivity index (χ1n) is 7.50. The van der Waals surface area contributed by atoms with E-state index < -0.39 is 0 Å². The Morgan fingerprint density at radius 1 is 1.48 bits per heavy atom. The van der Waals surface area contributed by atoms with Crippen LogP contribution in [0.1, 0.15) is 32.3 Å². The Balaban J connectivity index is 2.09. The summed E-state index contributed by atoms with van der Waals surface area (Å²) in [4.78, 5) is 13.2. The monoisotopic (exact) mass is 309 g/mol. The molecular formula is C16H24ClN3O. The number of anilines is 1. The summed E-state index contributed by atoms with van der Waals surface area (Å²) in [7, 11) is 0. The highest BCUT2D eigenvalue weighted by atomic mass is 35.5. The summed E-state index contributed by atoms with van der Waals surface area (Å²) in [5.41, 5.74) is 7.38. The van der Waals surface area contributed by atoms with Crippen LogP contribution < -0.4 is 16.0 Å². The molecule has 1 amide bonds. The minimum atomic E-state index is -0.341. The Kier molecular flexibility index (Phi) is 5.48. The van der Waals surface area contributed by atoms with E-state index in [4.69, 9.17) is 17.3 Å². The molecule has 0 aromatic heterocycles. The topological polar surface area (TPSA) is 58.4 Å². The highest BCUT2D eigenvalue weighted by Crippen LogP contribution is 2.28. The van der Waals surface area contributed by atoms with Crippen LogP contribution in [-0.4, -0.2) is 25.0 Å². The highest BCUT2D eigenvalue weighted by Gasteiger charge is 2.20. The first-order valence-corrected chi connectivity index (χ1v) is 7.88. The molecule has 0 bridgehead atoms. The summed E-state index contributed by atoms with van der Waals surface area (Å²) in [6.07, 6.45) is 2.54. The second-order valence-electron chi connectivity index (χ2n) is 6.18. The van der Waals surface area contributed by atoms with Gasteiger partial charge < -0.3 is 16.0 Å². The van der Waals surface area contributed by atoms with E-state index in [1.165, 1.54) is 18.4 Å². The van der Waals surface area contributed by atoms with E-state index in [2.05, 4.69) is 25.2 Å². The number of nitrogens with one attached hydrogen (secondary N) is 1. The number of carbonyl (C=O) groups excluding carboxylic acids is 1. The number of halogens is 1. The fourth-order valence-corrected chi connectivity index (χ4v) is 2.67. The Morgan fingerprint density at radius 3 is 2.71 bits per heavy atom. The summed E-state index contributed by atoms with van der Waals surface area (Å²) >= 11 is 6.40. The molecule has 116 valence electrons. The number of benzene rings is 1. The third kappa shape index (κ3) is 5.21. The Morgan fingerprint density at radius 2 is 2.19 bits per heavy atom. The van der Waals surface area contributed by atoms with Gasteiger partial charge in [0, 0.05) is 19.1 Å². The normalized spacial score (nSPS) is 14.5. The van der Waals surface area contributed by atoms with Crippen LogP contribution in [-0.2, 0) is 11.3 Å². The molecule has 2 rings (SSSR count). The Bertz CT molecular complexity index is 500. The molecule has 0 spiro atoms. The number of primary amides is 1. The molecule has 1 saturated carbocycles. The molecule has 1 fully saturated rings. The maximum atomic E-state index is 11.3. The van der Waals surface area contributed by atoms with Crippen molar-refractivity contribution < 1.29 is 4.79 Å². The van der Waals surface area contributed by atoms with E-state index in [0.29, 0.717) is 17.0 Å². The van der Waals surface area contributed by atoms with Crippen LogP contribution in [0.25, 0.3) is 0 Å². The van der Waals surface area contributed by atoms with Crippen LogP contribution >= 0.6 is 11.6 Å². The van der Waals surface area contributed by atoms with Gasteiger partial charge in [0.2, 0.25) is 5.91 Å². The Labute approximate surface area is 131 Å². The van der Waals surface area contributed by atoms with Crippen molar-refractivity contribution in [3.8, 4) is 0 Å². The van der Waals surface area contributed by atoms with Gasteiger partial charge in [-0.25, -0.2) is 0 Å². The zero-order valence-corrected chi connectivity index (χ0v) is 13.5. The third-order valence-electron chi connectivity index (χ3n) is 3.46. The number of hydrogen-bond acceptors (Lipinski definition) is 3. The standard InChI is InChI=1S/C16H24ClN3O/c1-11(2)9-20(10-16(18)21)15-6-3-12(7-14(15)17)8-19-13-4-5-13/h3,6-7,11,13,19H,4-5,8-10H2,1-2H3,(H2,18,21). The zero-order chi connectivity index (χ0) is 15.4. The fraction of sp³-hybridized carbons (Fsp3) is 0.562. The smallest absolute Gasteiger partial charge is 0.236 e. The number of nitrogens with two attached hydrogens (primary N) is 1. The number of amides is 1. The molecule has 1 aliphatic carbocycles. The molecular weight excluding hydrogens is 286 g/mol. The molecule has 1 aliphatic rings. The molecule has 5 heteroatoms. The van der Waals surface area contributed by atoms with Gasteiger partial charge in [0.25, 0.3) is 0 Å². The van der Waals surface area contributed by atoms with Crippen molar-refractivity contribution in [2.75, 3.05) is 18.0 Å². The van der Waals surface area contributed by atoms with E-state index >= 15 is 0 Å². The van der Waals surface area contributed by atoms with Crippen molar-refractivity contribution >= 4 is 23.2 Å². The summed E-state index contributed by atoms with van der Waals surface area (Å²) in [6, 6.07) is 6.69. The molecule has 1 aromatic rings. The molecule has 0 heterocycles. The SMILES string of the molecule is CC(C)CN(CC(N)=O)c1ccc(CNC2CC2)cc1Cl. The molecule has 3 N–H and O–H groups in total. The highest BCUT2D eigenvalue weighted by molar-refractivity contribution is 6.33. The largest absolute Gasteiger partial charge is 0.368 e. The third-order valence-corrected chi connectivity index (χ3v) is 3.76. The van der Waals surface area contributed by atoms with Crippen molar-refractivity contribution in [1.82, 2.24) is 5.32 Å². The molecule has 1 aromatic carbocycles. The minimum Gasteiger partial charge on any atom is -0.368 e. The number of rotatable bonds is 8. The van der Waals surface area contributed by atoms with Crippen LogP contribution in [0.3, 0.4) is 0 Å². The molecule has 0 atom stereocenters. The van der Waals surface area contributed by atoms with Crippen molar-refractivity contribution in [3.05, 3.63) is 28.8 Å². The van der Waals surface area contributed by atoms with Crippen LogP contribution in [0.4, 0.5) is 5.69 Å². The van der Waals surface area contributed by atoms with Gasteiger partial charge in [-0.1, -0.05) is 31.5 Å². The van der Waals surface area contributed by atoms with Crippen LogP contribution in [0.15, 0.2) is 18.2 Å². The van der Waals surface area contributed by atoms with Crippen molar-refractivity contribution in [3.63, 3.8) is 0 Å². The lowest BCUT2D eigenvalue weighted by Crippen LogP contribution is -2.36. The van der Waals surface area contributed by atoms with Gasteiger partial charge in [0.05, 0.1) is 17.3 Å². The first-order chi connectivity index (χ1) is 9.95. The van der Waals surface area contributed by atoms with Gasteiger partial charge in [-0.05, 0) is 36.5 Å². The summed E-state index contributed by atoms with van der Waals surface area (Å²) in [6.45, 7) is 6.00. The summed E-state index contributed by atoms with van der Waals surface area (Å²) < 4.78 is 0. The molecule has 0 saturated heterocycles. The van der Waals surface area contributed by atoms with Gasteiger partial charge in [-0.3, -0.25) is 4.79 Å². The van der Waals surface area contributed by atoms with Gasteiger partial charge in [-0.2, -0.15) is 0 Å². The molecule has 0 unspecified atom stereocenters. The molecule has 0 radical (unpaired) electrons. The second kappa shape index (κ2) is 7.14. The van der Waals surface area contributed by atoms with E-state index in [-0.39, 0.29) is 12.5 Å². The summed E-state index contributed by atoms with van der Waals surface area (Å²) in [5, 5.41) is 4.14. The van der Waals surface area contributed by atoms with Crippen molar-refractivity contribution in [2.45, 2.75) is 39.3 Å². The lowest BCUT2D eigenvalue weighted by atomic mass is 10.1. The minimum absolute atomic E-state index is 0.192. The first kappa shape index (κ1) is 16.1. The van der Waals surface area contributed by atoms with E-state index in [1.54, 1.807) is 0 Å². The van der Waals surface area contributed by atoms with E-state index in [0.717, 1.165) is 18.8 Å². The van der Waals surface area contributed by atoms with Crippen LogP contribution in [0.5, 0.6) is 0 Å². The van der Waals surface area contributed by atoms with Crippen molar-refractivity contribution in [1.29, 1.82) is 0 Å². The average Bonchev–Trinajstić information content (AvgIpc) is 3.18. The lowest BCUT2D eigenvalue weighted by Gasteiger charge is -2.26. The van der Waals surface area contributed by atoms with Gasteiger partial charge in [0.15, 0.2) is 0 Å². The van der Waals surface area contributed by atoms with E-state index in [1.807, 2.05) is 17.0 Å².